The predicted molar refractivity (Wildman–Crippen MR) is 93.7 cm³/mol. The van der Waals surface area contributed by atoms with Crippen LogP contribution in [0.3, 0.4) is 0 Å². The van der Waals surface area contributed by atoms with E-state index in [0.29, 0.717) is 37.7 Å². The molecule has 0 aromatic carbocycles. The first-order valence-electron chi connectivity index (χ1n) is 9.43. The molecule has 2 heterocycles. The van der Waals surface area contributed by atoms with Crippen LogP contribution in [0.1, 0.15) is 51.0 Å². The summed E-state index contributed by atoms with van der Waals surface area (Å²) in [7, 11) is 0. The van der Waals surface area contributed by atoms with E-state index >= 15 is 0 Å². The minimum atomic E-state index is -4.37. The molecular weight excluding hydrogens is 343 g/mol. The number of rotatable bonds is 3. The Hall–Kier alpha value is -1.79. The number of hydrogen-bond acceptors (Lipinski definition) is 3. The number of pyridine rings is 1. The molecule has 4 nitrogen and oxygen atoms in total. The van der Waals surface area contributed by atoms with Gasteiger partial charge in [0.25, 0.3) is 0 Å². The van der Waals surface area contributed by atoms with Crippen molar-refractivity contribution in [3.63, 3.8) is 0 Å². The lowest BCUT2D eigenvalue weighted by molar-refractivity contribution is -0.137. The molecule has 0 radical (unpaired) electrons. The maximum absolute atomic E-state index is 12.6. The number of aromatic nitrogens is 1. The van der Waals surface area contributed by atoms with E-state index in [0.717, 1.165) is 18.7 Å². The summed E-state index contributed by atoms with van der Waals surface area (Å²) in [5, 5.41) is 3.22. The Morgan fingerprint density at radius 3 is 2.42 bits per heavy atom. The highest BCUT2D eigenvalue weighted by molar-refractivity contribution is 5.79. The maximum atomic E-state index is 12.6. The average molecular weight is 369 g/mol. The van der Waals surface area contributed by atoms with Crippen LogP contribution >= 0.6 is 0 Å². The van der Waals surface area contributed by atoms with Gasteiger partial charge in [0.2, 0.25) is 5.91 Å². The number of carbonyl (C=O) groups is 1. The van der Waals surface area contributed by atoms with Crippen molar-refractivity contribution in [2.75, 3.05) is 18.0 Å². The van der Waals surface area contributed by atoms with Crippen LogP contribution < -0.4 is 10.2 Å². The molecule has 2 atom stereocenters. The van der Waals surface area contributed by atoms with E-state index in [1.807, 2.05) is 4.90 Å². The van der Waals surface area contributed by atoms with Crippen LogP contribution in [0.4, 0.5) is 19.0 Å². The van der Waals surface area contributed by atoms with Crippen LogP contribution in [-0.2, 0) is 11.0 Å². The van der Waals surface area contributed by atoms with Gasteiger partial charge < -0.3 is 10.2 Å². The van der Waals surface area contributed by atoms with Crippen molar-refractivity contribution in [3.05, 3.63) is 23.9 Å². The van der Waals surface area contributed by atoms with Crippen LogP contribution in [0.15, 0.2) is 18.3 Å². The highest BCUT2D eigenvalue weighted by Crippen LogP contribution is 2.30. The lowest BCUT2D eigenvalue weighted by Gasteiger charge is -2.35. The van der Waals surface area contributed by atoms with E-state index in [1.165, 1.54) is 25.3 Å². The first-order chi connectivity index (χ1) is 12.3. The first-order valence-corrected chi connectivity index (χ1v) is 9.43. The van der Waals surface area contributed by atoms with Crippen LogP contribution in [0, 0.1) is 11.8 Å². The van der Waals surface area contributed by atoms with Crippen LogP contribution in [-0.4, -0.2) is 30.0 Å². The second kappa shape index (κ2) is 7.84. The number of nitrogens with zero attached hydrogens (tertiary/aromatic N) is 2. The molecule has 1 aliphatic heterocycles. The molecule has 0 bridgehead atoms. The van der Waals surface area contributed by atoms with Crippen LogP contribution in [0.2, 0.25) is 0 Å². The molecule has 26 heavy (non-hydrogen) atoms. The standard InChI is InChI=1S/C19H26F3N3O/c1-13-4-2-3-5-16(13)24-18(26)14-8-10-25(11-9-14)17-7-6-15(12-23-17)19(20,21)22/h6-7,12-14,16H,2-5,8-11H2,1H3,(H,24,26)/t13-,16+/m0/s1. The fraction of sp³-hybridized carbons (Fsp3) is 0.684. The molecule has 3 rings (SSSR count). The lowest BCUT2D eigenvalue weighted by atomic mass is 9.85. The largest absolute Gasteiger partial charge is 0.417 e. The van der Waals surface area contributed by atoms with Gasteiger partial charge in [0.05, 0.1) is 5.56 Å². The summed E-state index contributed by atoms with van der Waals surface area (Å²) in [6.45, 7) is 3.47. The number of halogens is 3. The molecular formula is C19H26F3N3O. The fourth-order valence-electron chi connectivity index (χ4n) is 3.94. The number of anilines is 1. The molecule has 1 amide bonds. The molecule has 144 valence electrons. The Morgan fingerprint density at radius 1 is 1.15 bits per heavy atom. The van der Waals surface area contributed by atoms with Crippen molar-refractivity contribution < 1.29 is 18.0 Å². The third kappa shape index (κ3) is 4.48. The SMILES string of the molecule is C[C@H]1CCCC[C@H]1NC(=O)C1CCN(c2ccc(C(F)(F)F)cn2)CC1. The number of piperidine rings is 1. The molecule has 1 aromatic heterocycles. The number of amides is 1. The van der Waals surface area contributed by atoms with Crippen molar-refractivity contribution in [3.8, 4) is 0 Å². The summed E-state index contributed by atoms with van der Waals surface area (Å²) >= 11 is 0. The summed E-state index contributed by atoms with van der Waals surface area (Å²) in [5.41, 5.74) is -0.739. The van der Waals surface area contributed by atoms with Crippen molar-refractivity contribution in [1.82, 2.24) is 10.3 Å². The van der Waals surface area contributed by atoms with Crippen molar-refractivity contribution >= 4 is 11.7 Å². The Morgan fingerprint density at radius 2 is 1.85 bits per heavy atom. The molecule has 1 aliphatic carbocycles. The minimum absolute atomic E-state index is 0.0187. The van der Waals surface area contributed by atoms with Gasteiger partial charge in [0.15, 0.2) is 0 Å². The van der Waals surface area contributed by atoms with Crippen molar-refractivity contribution in [2.24, 2.45) is 11.8 Å². The van der Waals surface area contributed by atoms with Gasteiger partial charge >= 0.3 is 6.18 Å². The predicted octanol–water partition coefficient (Wildman–Crippen LogP) is 4.01. The number of alkyl halides is 3. The van der Waals surface area contributed by atoms with Gasteiger partial charge in [-0.15, -0.1) is 0 Å². The smallest absolute Gasteiger partial charge is 0.357 e. The summed E-state index contributed by atoms with van der Waals surface area (Å²) in [5.74, 6) is 1.18. The summed E-state index contributed by atoms with van der Waals surface area (Å²) in [4.78, 5) is 18.4. The van der Waals surface area contributed by atoms with Crippen LogP contribution in [0.5, 0.6) is 0 Å². The summed E-state index contributed by atoms with van der Waals surface area (Å²) in [6, 6.07) is 2.75. The highest BCUT2D eigenvalue weighted by Gasteiger charge is 2.32. The minimum Gasteiger partial charge on any atom is -0.357 e. The quantitative estimate of drug-likeness (QED) is 0.876. The van der Waals surface area contributed by atoms with Crippen molar-refractivity contribution in [2.45, 2.75) is 57.7 Å². The molecule has 1 aromatic rings. The average Bonchev–Trinajstić information content (AvgIpc) is 2.63. The van der Waals surface area contributed by atoms with Gasteiger partial charge in [-0.2, -0.15) is 13.2 Å². The maximum Gasteiger partial charge on any atom is 0.417 e. The lowest BCUT2D eigenvalue weighted by Crippen LogP contribution is -2.46. The molecule has 1 saturated carbocycles. The molecule has 0 spiro atoms. The van der Waals surface area contributed by atoms with E-state index in [1.54, 1.807) is 0 Å². The molecule has 2 fully saturated rings. The third-order valence-corrected chi connectivity index (χ3v) is 5.70. The normalized spacial score (nSPS) is 25.2. The Bertz CT molecular complexity index is 609. The second-order valence-electron chi connectivity index (χ2n) is 7.54. The van der Waals surface area contributed by atoms with Gasteiger partial charge in [0, 0.05) is 31.2 Å². The number of nitrogens with one attached hydrogen (secondary N) is 1. The molecule has 0 unspecified atom stereocenters. The van der Waals surface area contributed by atoms with Gasteiger partial charge in [-0.3, -0.25) is 4.79 Å². The molecule has 2 aliphatic rings. The zero-order chi connectivity index (χ0) is 18.7. The van der Waals surface area contributed by atoms with Gasteiger partial charge in [-0.05, 0) is 43.7 Å². The third-order valence-electron chi connectivity index (χ3n) is 5.70. The fourth-order valence-corrected chi connectivity index (χ4v) is 3.94. The zero-order valence-electron chi connectivity index (χ0n) is 15.1. The second-order valence-corrected chi connectivity index (χ2v) is 7.54. The molecule has 1 N–H and O–H groups in total. The number of carbonyl (C=O) groups excluding carboxylic acids is 1. The Balaban J connectivity index is 1.51. The number of hydrogen-bond donors (Lipinski definition) is 1. The van der Waals surface area contributed by atoms with E-state index < -0.39 is 11.7 Å². The van der Waals surface area contributed by atoms with E-state index in [4.69, 9.17) is 0 Å². The Kier molecular flexibility index (Phi) is 5.73. The monoisotopic (exact) mass is 369 g/mol. The highest BCUT2D eigenvalue weighted by atomic mass is 19.4. The van der Waals surface area contributed by atoms with Crippen LogP contribution in [0.25, 0.3) is 0 Å². The Labute approximate surface area is 152 Å². The summed E-state index contributed by atoms with van der Waals surface area (Å²) < 4.78 is 37.9. The van der Waals surface area contributed by atoms with E-state index in [2.05, 4.69) is 17.2 Å². The zero-order valence-corrected chi connectivity index (χ0v) is 15.1. The van der Waals surface area contributed by atoms with Crippen molar-refractivity contribution in [1.29, 1.82) is 0 Å². The van der Waals surface area contributed by atoms with Gasteiger partial charge in [-0.25, -0.2) is 4.98 Å². The summed E-state index contributed by atoms with van der Waals surface area (Å²) in [6.07, 6.45) is 2.56. The molecule has 1 saturated heterocycles. The van der Waals surface area contributed by atoms with E-state index in [9.17, 15) is 18.0 Å². The molecule has 7 heteroatoms. The first kappa shape index (κ1) is 19.0. The van der Waals surface area contributed by atoms with Gasteiger partial charge in [0.1, 0.15) is 5.82 Å². The van der Waals surface area contributed by atoms with Gasteiger partial charge in [-0.1, -0.05) is 19.8 Å². The topological polar surface area (TPSA) is 45.2 Å². The van der Waals surface area contributed by atoms with E-state index in [-0.39, 0.29) is 17.9 Å².